The van der Waals surface area contributed by atoms with Crippen LogP contribution in [0.2, 0.25) is 5.02 Å². The van der Waals surface area contributed by atoms with Crippen molar-refractivity contribution in [3.05, 3.63) is 34.6 Å². The van der Waals surface area contributed by atoms with Crippen molar-refractivity contribution in [2.45, 2.75) is 19.4 Å². The maximum absolute atomic E-state index is 13.3. The highest BCUT2D eigenvalue weighted by Gasteiger charge is 2.13. The van der Waals surface area contributed by atoms with E-state index >= 15 is 0 Å². The van der Waals surface area contributed by atoms with E-state index in [0.29, 0.717) is 17.1 Å². The smallest absolute Gasteiger partial charge is 0.127 e. The van der Waals surface area contributed by atoms with Gasteiger partial charge in [-0.2, -0.15) is 0 Å². The predicted molar refractivity (Wildman–Crippen MR) is 55.9 cm³/mol. The van der Waals surface area contributed by atoms with Crippen LogP contribution in [0.1, 0.15) is 18.4 Å². The molecule has 1 saturated heterocycles. The maximum atomic E-state index is 13.3. The fourth-order valence-electron chi connectivity index (χ4n) is 1.85. The second kappa shape index (κ2) is 4.28. The standard InChI is InChI=1S/C11H13ClFN/c12-10-3-4-11(13)9(7-10)8-14-5-1-2-6-14/h3-4,7H,1-2,5-6,8H2. The monoisotopic (exact) mass is 213 g/mol. The lowest BCUT2D eigenvalue weighted by Crippen LogP contribution is -2.19. The molecule has 0 bridgehead atoms. The molecule has 1 aliphatic heterocycles. The molecule has 0 unspecified atom stereocenters. The zero-order valence-corrected chi connectivity index (χ0v) is 8.73. The van der Waals surface area contributed by atoms with Gasteiger partial charge in [0.25, 0.3) is 0 Å². The molecule has 3 heteroatoms. The molecule has 0 saturated carbocycles. The van der Waals surface area contributed by atoms with E-state index in [1.165, 1.54) is 18.9 Å². The summed E-state index contributed by atoms with van der Waals surface area (Å²) in [6.07, 6.45) is 2.45. The number of nitrogens with zero attached hydrogens (tertiary/aromatic N) is 1. The molecule has 0 aliphatic carbocycles. The van der Waals surface area contributed by atoms with Crippen LogP contribution in [0.3, 0.4) is 0 Å². The molecule has 2 rings (SSSR count). The zero-order chi connectivity index (χ0) is 9.97. The number of halogens is 2. The van der Waals surface area contributed by atoms with Gasteiger partial charge in [-0.3, -0.25) is 4.90 Å². The van der Waals surface area contributed by atoms with Crippen LogP contribution < -0.4 is 0 Å². The van der Waals surface area contributed by atoms with Crippen LogP contribution >= 0.6 is 11.6 Å². The van der Waals surface area contributed by atoms with Crippen LogP contribution in [0.5, 0.6) is 0 Å². The van der Waals surface area contributed by atoms with Crippen LogP contribution in [-0.2, 0) is 6.54 Å². The van der Waals surface area contributed by atoms with Crippen molar-refractivity contribution >= 4 is 11.6 Å². The Hall–Kier alpha value is -0.600. The van der Waals surface area contributed by atoms with Crippen molar-refractivity contribution in [1.82, 2.24) is 4.90 Å². The van der Waals surface area contributed by atoms with Gasteiger partial charge >= 0.3 is 0 Å². The molecular weight excluding hydrogens is 201 g/mol. The number of benzene rings is 1. The van der Waals surface area contributed by atoms with Gasteiger partial charge in [-0.05, 0) is 44.1 Å². The van der Waals surface area contributed by atoms with Gasteiger partial charge in [-0.25, -0.2) is 4.39 Å². The second-order valence-electron chi connectivity index (χ2n) is 3.72. The van der Waals surface area contributed by atoms with E-state index in [9.17, 15) is 4.39 Å². The largest absolute Gasteiger partial charge is 0.299 e. The van der Waals surface area contributed by atoms with Crippen molar-refractivity contribution in [2.75, 3.05) is 13.1 Å². The highest BCUT2D eigenvalue weighted by Crippen LogP contribution is 2.18. The summed E-state index contributed by atoms with van der Waals surface area (Å²) in [5, 5.41) is 0.612. The molecule has 0 spiro atoms. The first-order chi connectivity index (χ1) is 6.75. The molecule has 76 valence electrons. The molecule has 1 aromatic carbocycles. The van der Waals surface area contributed by atoms with Crippen LogP contribution in [-0.4, -0.2) is 18.0 Å². The van der Waals surface area contributed by atoms with Gasteiger partial charge in [0.15, 0.2) is 0 Å². The Morgan fingerprint density at radius 1 is 1.29 bits per heavy atom. The average molecular weight is 214 g/mol. The lowest BCUT2D eigenvalue weighted by atomic mass is 10.2. The van der Waals surface area contributed by atoms with E-state index in [4.69, 9.17) is 11.6 Å². The summed E-state index contributed by atoms with van der Waals surface area (Å²) in [6.45, 7) is 2.84. The number of rotatable bonds is 2. The van der Waals surface area contributed by atoms with Gasteiger partial charge < -0.3 is 0 Å². The topological polar surface area (TPSA) is 3.24 Å². The SMILES string of the molecule is Fc1ccc(Cl)cc1CN1CCCC1. The fourth-order valence-corrected chi connectivity index (χ4v) is 2.04. The van der Waals surface area contributed by atoms with Crippen LogP contribution in [0.25, 0.3) is 0 Å². The van der Waals surface area contributed by atoms with Crippen molar-refractivity contribution < 1.29 is 4.39 Å². The molecule has 1 heterocycles. The normalized spacial score (nSPS) is 17.6. The van der Waals surface area contributed by atoms with E-state index < -0.39 is 0 Å². The Morgan fingerprint density at radius 2 is 2.00 bits per heavy atom. The molecule has 1 aromatic rings. The number of hydrogen-bond donors (Lipinski definition) is 0. The molecule has 1 aliphatic rings. The van der Waals surface area contributed by atoms with Crippen LogP contribution in [0.15, 0.2) is 18.2 Å². The molecular formula is C11H13ClFN. The van der Waals surface area contributed by atoms with Gasteiger partial charge in [0.05, 0.1) is 0 Å². The number of likely N-dealkylation sites (tertiary alicyclic amines) is 1. The Morgan fingerprint density at radius 3 is 2.71 bits per heavy atom. The molecule has 14 heavy (non-hydrogen) atoms. The van der Waals surface area contributed by atoms with Gasteiger partial charge in [0.1, 0.15) is 5.82 Å². The summed E-state index contributed by atoms with van der Waals surface area (Å²) in [5.74, 6) is -0.152. The van der Waals surface area contributed by atoms with Crippen molar-refractivity contribution in [2.24, 2.45) is 0 Å². The summed E-state index contributed by atoms with van der Waals surface area (Å²) in [6, 6.07) is 4.74. The first-order valence-corrected chi connectivity index (χ1v) is 5.30. The summed E-state index contributed by atoms with van der Waals surface area (Å²) < 4.78 is 13.3. The van der Waals surface area contributed by atoms with E-state index in [1.54, 1.807) is 12.1 Å². The molecule has 0 atom stereocenters. The molecule has 0 amide bonds. The summed E-state index contributed by atoms with van der Waals surface area (Å²) in [7, 11) is 0. The molecule has 0 N–H and O–H groups in total. The fraction of sp³-hybridized carbons (Fsp3) is 0.455. The molecule has 0 radical (unpaired) electrons. The lowest BCUT2D eigenvalue weighted by molar-refractivity contribution is 0.325. The number of hydrogen-bond acceptors (Lipinski definition) is 1. The second-order valence-corrected chi connectivity index (χ2v) is 4.16. The summed E-state index contributed by atoms with van der Waals surface area (Å²) in [5.41, 5.74) is 0.708. The quantitative estimate of drug-likeness (QED) is 0.730. The van der Waals surface area contributed by atoms with E-state index in [-0.39, 0.29) is 5.82 Å². The summed E-state index contributed by atoms with van der Waals surface area (Å²) >= 11 is 5.82. The molecule has 0 aromatic heterocycles. The van der Waals surface area contributed by atoms with Gasteiger partial charge in [-0.15, -0.1) is 0 Å². The molecule has 1 fully saturated rings. The first kappa shape index (κ1) is 9.94. The van der Waals surface area contributed by atoms with Gasteiger partial charge in [0, 0.05) is 17.1 Å². The van der Waals surface area contributed by atoms with E-state index in [2.05, 4.69) is 4.90 Å². The predicted octanol–water partition coefficient (Wildman–Crippen LogP) is 3.07. The third kappa shape index (κ3) is 2.25. The minimum Gasteiger partial charge on any atom is -0.299 e. The maximum Gasteiger partial charge on any atom is 0.127 e. The van der Waals surface area contributed by atoms with Crippen molar-refractivity contribution in [3.63, 3.8) is 0 Å². The zero-order valence-electron chi connectivity index (χ0n) is 7.97. The minimum absolute atomic E-state index is 0.152. The highest BCUT2D eigenvalue weighted by atomic mass is 35.5. The minimum atomic E-state index is -0.152. The van der Waals surface area contributed by atoms with E-state index in [1.807, 2.05) is 0 Å². The Balaban J connectivity index is 2.10. The van der Waals surface area contributed by atoms with Gasteiger partial charge in [0.2, 0.25) is 0 Å². The third-order valence-electron chi connectivity index (χ3n) is 2.60. The van der Waals surface area contributed by atoms with Gasteiger partial charge in [-0.1, -0.05) is 11.6 Å². The Kier molecular flexibility index (Phi) is 3.04. The van der Waals surface area contributed by atoms with Crippen molar-refractivity contribution in [3.8, 4) is 0 Å². The molecule has 1 nitrogen and oxygen atoms in total. The average Bonchev–Trinajstić information content (AvgIpc) is 2.64. The highest BCUT2D eigenvalue weighted by molar-refractivity contribution is 6.30. The summed E-state index contributed by atoms with van der Waals surface area (Å²) in [4.78, 5) is 2.26. The Bertz CT molecular complexity index is 321. The van der Waals surface area contributed by atoms with Crippen molar-refractivity contribution in [1.29, 1.82) is 0 Å². The Labute approximate surface area is 88.5 Å². The first-order valence-electron chi connectivity index (χ1n) is 4.92. The van der Waals surface area contributed by atoms with Crippen LogP contribution in [0, 0.1) is 5.82 Å². The van der Waals surface area contributed by atoms with Crippen LogP contribution in [0.4, 0.5) is 4.39 Å². The lowest BCUT2D eigenvalue weighted by Gasteiger charge is -2.14. The van der Waals surface area contributed by atoms with E-state index in [0.717, 1.165) is 13.1 Å². The third-order valence-corrected chi connectivity index (χ3v) is 2.84.